The zero-order valence-corrected chi connectivity index (χ0v) is 60.4. The highest BCUT2D eigenvalue weighted by atomic mass is 15.1. The van der Waals surface area contributed by atoms with Gasteiger partial charge in [-0.3, -0.25) is 0 Å². The lowest BCUT2D eigenvalue weighted by molar-refractivity contribution is 1.03. The monoisotopic (exact) mass is 1410 g/mol. The van der Waals surface area contributed by atoms with E-state index in [0.717, 1.165) is 193 Å². The first-order chi connectivity index (χ1) is 54.9. The summed E-state index contributed by atoms with van der Waals surface area (Å²) in [7, 11) is 0. The molecule has 111 heavy (non-hydrogen) atoms. The van der Waals surface area contributed by atoms with Crippen LogP contribution in [0.25, 0.3) is 199 Å². The maximum absolute atomic E-state index is 13.8. The van der Waals surface area contributed by atoms with Gasteiger partial charge in [-0.1, -0.05) is 266 Å². The standard InChI is InChI=1S/C104H65N7/c1-66-37-47-92-83(55-66)84-56-74(67-23-9-2-10-24-67)39-48-93(84)108(92)101-91(64-106)102(109-94-49-40-75(68-25-11-3-12-26-68)57-85(94)86-58-76(41-50-95(86)109)69-27-13-4-14-28-69)104(111-98-53-44-79(72-33-19-7-20-34-72)61-89(98)90-62-80(45-54-99(90)111)73-35-21-8-22-36-73)100(81-38-46-82(63-105)107-65-81)103(101)110-96-51-42-77(70-29-15-5-16-30-70)59-87(96)88-60-78(43-52-97(88)110)71-31-17-6-18-32-71/h2-62,65H,1H3. The van der Waals surface area contributed by atoms with Crippen molar-refractivity contribution in [3.63, 3.8) is 0 Å². The summed E-state index contributed by atoms with van der Waals surface area (Å²) in [5, 5.41) is 33.0. The Balaban J connectivity index is 1.04. The average molecular weight is 1410 g/mol. The minimum absolute atomic E-state index is 0.270. The molecule has 0 saturated heterocycles. The van der Waals surface area contributed by atoms with Gasteiger partial charge in [0.05, 0.1) is 66.9 Å². The quantitative estimate of drug-likeness (QED) is 0.122. The summed E-state index contributed by atoms with van der Waals surface area (Å²) < 4.78 is 9.71. The topological polar surface area (TPSA) is 80.2 Å². The Morgan fingerprint density at radius 1 is 0.216 bits per heavy atom. The van der Waals surface area contributed by atoms with Gasteiger partial charge in [-0.05, 0) is 194 Å². The summed E-state index contributed by atoms with van der Waals surface area (Å²) in [6, 6.07) is 139. The number of rotatable bonds is 12. The third-order valence-corrected chi connectivity index (χ3v) is 22.5. The van der Waals surface area contributed by atoms with Gasteiger partial charge in [0.1, 0.15) is 23.4 Å². The van der Waals surface area contributed by atoms with Gasteiger partial charge in [0.25, 0.3) is 0 Å². The van der Waals surface area contributed by atoms with E-state index in [1.807, 2.05) is 12.3 Å². The number of nitriles is 2. The molecule has 16 aromatic carbocycles. The van der Waals surface area contributed by atoms with Crippen molar-refractivity contribution in [3.8, 4) is 124 Å². The van der Waals surface area contributed by atoms with E-state index in [1.54, 1.807) is 0 Å². The lowest BCUT2D eigenvalue weighted by Crippen LogP contribution is -2.16. The first-order valence-electron chi connectivity index (χ1n) is 37.6. The molecule has 0 aliphatic heterocycles. The van der Waals surface area contributed by atoms with E-state index in [2.05, 4.69) is 401 Å². The Morgan fingerprint density at radius 3 is 0.667 bits per heavy atom. The van der Waals surface area contributed by atoms with Crippen molar-refractivity contribution in [3.05, 3.63) is 393 Å². The lowest BCUT2D eigenvalue weighted by Gasteiger charge is -2.29. The third kappa shape index (κ3) is 10.5. The highest BCUT2D eigenvalue weighted by Gasteiger charge is 2.36. The summed E-state index contributed by atoms with van der Waals surface area (Å²) >= 11 is 0. The number of aryl methyl sites for hydroxylation is 1. The average Bonchev–Trinajstić information content (AvgIpc) is 1.56. The SMILES string of the molecule is Cc1ccc2c(c1)c1cc(-c3ccccc3)ccc1n2-c1c(C#N)c(-n2c3ccc(-c4ccccc4)cc3c3cc(-c4ccccc4)ccc32)c(-n2c3ccc(-c4ccccc4)cc3c3cc(-c4ccccc4)ccc32)c(-c2ccc(C#N)nc2)c1-n1c2ccc(-c3ccccc3)cc2c2cc(-c3ccccc3)ccc21. The second-order valence-corrected chi connectivity index (χ2v) is 28.8. The molecule has 0 spiro atoms. The van der Waals surface area contributed by atoms with Crippen molar-refractivity contribution < 1.29 is 0 Å². The van der Waals surface area contributed by atoms with Gasteiger partial charge >= 0.3 is 0 Å². The molecule has 7 heteroatoms. The summed E-state index contributed by atoms with van der Waals surface area (Å²) in [5.41, 5.74) is 28.5. The van der Waals surface area contributed by atoms with Crippen LogP contribution in [-0.2, 0) is 0 Å². The van der Waals surface area contributed by atoms with E-state index in [1.165, 1.54) is 0 Å². The molecule has 0 bridgehead atoms. The fraction of sp³-hybridized carbons (Fsp3) is 0.00962. The Hall–Kier alpha value is -15.2. The smallest absolute Gasteiger partial charge is 0.140 e. The van der Waals surface area contributed by atoms with E-state index in [-0.39, 0.29) is 5.69 Å². The zero-order valence-electron chi connectivity index (χ0n) is 60.4. The fourth-order valence-electron chi connectivity index (χ4n) is 17.4. The van der Waals surface area contributed by atoms with Crippen LogP contribution in [0.5, 0.6) is 0 Å². The highest BCUT2D eigenvalue weighted by molar-refractivity contribution is 6.19. The number of hydrogen-bond acceptors (Lipinski definition) is 3. The lowest BCUT2D eigenvalue weighted by atomic mass is 9.93. The van der Waals surface area contributed by atoms with E-state index < -0.39 is 0 Å². The molecule has 516 valence electrons. The molecule has 0 radical (unpaired) electrons. The van der Waals surface area contributed by atoms with Crippen LogP contribution in [0.3, 0.4) is 0 Å². The van der Waals surface area contributed by atoms with Crippen LogP contribution in [0.4, 0.5) is 0 Å². The second-order valence-electron chi connectivity index (χ2n) is 28.8. The van der Waals surface area contributed by atoms with Crippen LogP contribution in [0, 0.1) is 29.6 Å². The molecule has 0 unspecified atom stereocenters. The molecule has 0 amide bonds. The Morgan fingerprint density at radius 2 is 0.441 bits per heavy atom. The van der Waals surface area contributed by atoms with Gasteiger partial charge in [0.15, 0.2) is 0 Å². The van der Waals surface area contributed by atoms with Crippen LogP contribution < -0.4 is 0 Å². The van der Waals surface area contributed by atoms with E-state index >= 15 is 0 Å². The molecule has 21 rings (SSSR count). The summed E-state index contributed by atoms with van der Waals surface area (Å²) in [4.78, 5) is 5.14. The Labute approximate surface area is 640 Å². The molecule has 7 nitrogen and oxygen atoms in total. The van der Waals surface area contributed by atoms with Crippen molar-refractivity contribution in [2.45, 2.75) is 6.92 Å². The third-order valence-electron chi connectivity index (χ3n) is 22.5. The van der Waals surface area contributed by atoms with Crippen molar-refractivity contribution in [2.24, 2.45) is 0 Å². The van der Waals surface area contributed by atoms with Gasteiger partial charge in [-0.15, -0.1) is 0 Å². The van der Waals surface area contributed by atoms with Crippen LogP contribution in [0.15, 0.2) is 376 Å². The number of nitrogens with zero attached hydrogens (tertiary/aromatic N) is 7. The predicted molar refractivity (Wildman–Crippen MR) is 459 cm³/mol. The first-order valence-corrected chi connectivity index (χ1v) is 37.6. The van der Waals surface area contributed by atoms with Gasteiger partial charge in [0, 0.05) is 60.4 Å². The van der Waals surface area contributed by atoms with Gasteiger partial charge in [0.2, 0.25) is 0 Å². The van der Waals surface area contributed by atoms with E-state index in [4.69, 9.17) is 4.98 Å². The molecular weight excluding hydrogens is 1350 g/mol. The molecule has 0 aliphatic carbocycles. The molecule has 5 aromatic heterocycles. The zero-order chi connectivity index (χ0) is 73.8. The normalized spacial score (nSPS) is 11.6. The van der Waals surface area contributed by atoms with Gasteiger partial charge in [-0.2, -0.15) is 10.5 Å². The highest BCUT2D eigenvalue weighted by Crippen LogP contribution is 2.54. The number of fused-ring (bicyclic) bond motifs is 12. The molecule has 0 aliphatic rings. The number of aromatic nitrogens is 5. The first kappa shape index (κ1) is 64.3. The van der Waals surface area contributed by atoms with Crippen molar-refractivity contribution in [1.82, 2.24) is 23.3 Å². The van der Waals surface area contributed by atoms with Crippen LogP contribution in [0.1, 0.15) is 16.8 Å². The van der Waals surface area contributed by atoms with E-state index in [0.29, 0.717) is 16.9 Å². The van der Waals surface area contributed by atoms with Gasteiger partial charge < -0.3 is 18.3 Å². The maximum atomic E-state index is 13.8. The molecular formula is C104H65N7. The summed E-state index contributed by atoms with van der Waals surface area (Å²) in [6.07, 6.45) is 1.88. The minimum Gasteiger partial charge on any atom is -0.306 e. The molecule has 0 atom stereocenters. The molecule has 0 saturated carbocycles. The molecule has 21 aromatic rings. The number of hydrogen-bond donors (Lipinski definition) is 0. The fourth-order valence-corrected chi connectivity index (χ4v) is 17.4. The molecule has 0 N–H and O–H groups in total. The van der Waals surface area contributed by atoms with Crippen LogP contribution in [0.2, 0.25) is 0 Å². The number of benzene rings is 16. The Kier molecular flexibility index (Phi) is 15.1. The Bertz CT molecular complexity index is 7120. The van der Waals surface area contributed by atoms with Crippen molar-refractivity contribution >= 4 is 87.2 Å². The minimum atomic E-state index is 0.270. The largest absolute Gasteiger partial charge is 0.306 e. The maximum Gasteiger partial charge on any atom is 0.140 e. The summed E-state index contributed by atoms with van der Waals surface area (Å²) in [6.45, 7) is 2.16. The second kappa shape index (κ2) is 26.1. The van der Waals surface area contributed by atoms with Crippen LogP contribution in [-0.4, -0.2) is 23.3 Å². The van der Waals surface area contributed by atoms with Gasteiger partial charge in [-0.25, -0.2) is 4.98 Å². The molecule has 0 fully saturated rings. The van der Waals surface area contributed by atoms with E-state index in [9.17, 15) is 10.5 Å². The predicted octanol–water partition coefficient (Wildman–Crippen LogP) is 26.9. The number of pyridine rings is 1. The summed E-state index contributed by atoms with van der Waals surface area (Å²) in [5.74, 6) is 0. The molecule has 5 heterocycles. The van der Waals surface area contributed by atoms with Crippen LogP contribution >= 0.6 is 0 Å². The van der Waals surface area contributed by atoms with Crippen molar-refractivity contribution in [2.75, 3.05) is 0 Å². The van der Waals surface area contributed by atoms with Crippen molar-refractivity contribution in [1.29, 1.82) is 10.5 Å².